The van der Waals surface area contributed by atoms with Gasteiger partial charge in [-0.15, -0.1) is 0 Å². The third kappa shape index (κ3) is 7.05. The molecule has 0 aliphatic carbocycles. The van der Waals surface area contributed by atoms with Crippen LogP contribution >= 0.6 is 0 Å². The summed E-state index contributed by atoms with van der Waals surface area (Å²) in [5.74, 6) is -0.249. The van der Waals surface area contributed by atoms with E-state index in [-0.39, 0.29) is 19.0 Å². The molecule has 12 heavy (non-hydrogen) atoms. The zero-order valence-electron chi connectivity index (χ0n) is 7.79. The lowest BCUT2D eigenvalue weighted by molar-refractivity contribution is -0.144. The van der Waals surface area contributed by atoms with Crippen LogP contribution in [-0.4, -0.2) is 24.9 Å². The largest absolute Gasteiger partial charge is 0.466 e. The first-order valence-corrected chi connectivity index (χ1v) is 3.95. The standard InChI is InChI=1S/C8H15NO3/c1-4-11-8(10)5-6-12-9-7(2)3/h4-6H2,1-3H3. The maximum absolute atomic E-state index is 10.7. The van der Waals surface area contributed by atoms with Crippen LogP contribution in [0, 0.1) is 0 Å². The highest BCUT2D eigenvalue weighted by Crippen LogP contribution is 1.88. The first kappa shape index (κ1) is 10.9. The molecule has 4 nitrogen and oxygen atoms in total. The fraction of sp³-hybridized carbons (Fsp3) is 0.750. The normalized spacial score (nSPS) is 8.92. The van der Waals surface area contributed by atoms with Crippen LogP contribution in [0.3, 0.4) is 0 Å². The number of nitrogens with zero attached hydrogens (tertiary/aromatic N) is 1. The molecule has 0 atom stereocenters. The molecule has 0 spiro atoms. The van der Waals surface area contributed by atoms with E-state index in [2.05, 4.69) is 9.89 Å². The van der Waals surface area contributed by atoms with E-state index in [4.69, 9.17) is 4.84 Å². The lowest BCUT2D eigenvalue weighted by Gasteiger charge is -2.00. The average Bonchev–Trinajstić information content (AvgIpc) is 1.98. The van der Waals surface area contributed by atoms with Crippen LogP contribution in [0.25, 0.3) is 0 Å². The topological polar surface area (TPSA) is 47.9 Å². The molecule has 4 heteroatoms. The van der Waals surface area contributed by atoms with Gasteiger partial charge in [0.05, 0.1) is 18.7 Å². The van der Waals surface area contributed by atoms with Crippen LogP contribution in [0.2, 0.25) is 0 Å². The van der Waals surface area contributed by atoms with E-state index >= 15 is 0 Å². The van der Waals surface area contributed by atoms with Gasteiger partial charge in [-0.25, -0.2) is 0 Å². The molecule has 0 aliphatic rings. The van der Waals surface area contributed by atoms with Crippen molar-refractivity contribution in [2.45, 2.75) is 27.2 Å². The summed E-state index contributed by atoms with van der Waals surface area (Å²) < 4.78 is 4.68. The zero-order chi connectivity index (χ0) is 9.40. The van der Waals surface area contributed by atoms with Gasteiger partial charge >= 0.3 is 5.97 Å². The number of hydrogen-bond acceptors (Lipinski definition) is 4. The lowest BCUT2D eigenvalue weighted by Crippen LogP contribution is -2.06. The Hall–Kier alpha value is -1.06. The van der Waals surface area contributed by atoms with Crippen molar-refractivity contribution in [2.24, 2.45) is 5.16 Å². The second-order valence-electron chi connectivity index (χ2n) is 2.43. The van der Waals surface area contributed by atoms with Gasteiger partial charge in [0.1, 0.15) is 6.61 Å². The number of hydrogen-bond donors (Lipinski definition) is 0. The summed E-state index contributed by atoms with van der Waals surface area (Å²) in [5, 5.41) is 3.67. The maximum Gasteiger partial charge on any atom is 0.309 e. The van der Waals surface area contributed by atoms with Crippen molar-refractivity contribution in [2.75, 3.05) is 13.2 Å². The van der Waals surface area contributed by atoms with Gasteiger partial charge in [-0.3, -0.25) is 4.79 Å². The van der Waals surface area contributed by atoms with Gasteiger partial charge in [0.2, 0.25) is 0 Å². The van der Waals surface area contributed by atoms with E-state index in [1.54, 1.807) is 6.92 Å². The second kappa shape index (κ2) is 6.64. The number of carbonyl (C=O) groups excluding carboxylic acids is 1. The van der Waals surface area contributed by atoms with Crippen LogP contribution < -0.4 is 0 Å². The van der Waals surface area contributed by atoms with E-state index in [9.17, 15) is 4.79 Å². The molecule has 0 saturated carbocycles. The highest BCUT2D eigenvalue weighted by Gasteiger charge is 1.99. The summed E-state index contributed by atoms with van der Waals surface area (Å²) in [6, 6.07) is 0. The number of rotatable bonds is 5. The van der Waals surface area contributed by atoms with Crippen molar-refractivity contribution < 1.29 is 14.4 Å². The molecular weight excluding hydrogens is 158 g/mol. The minimum atomic E-state index is -0.249. The number of ether oxygens (including phenoxy) is 1. The van der Waals surface area contributed by atoms with Gasteiger partial charge in [-0.1, -0.05) is 5.16 Å². The summed E-state index contributed by atoms with van der Waals surface area (Å²) in [6.45, 7) is 6.11. The molecular formula is C8H15NO3. The Labute approximate surface area is 72.5 Å². The van der Waals surface area contributed by atoms with Crippen LogP contribution in [0.5, 0.6) is 0 Å². The van der Waals surface area contributed by atoms with Gasteiger partial charge in [-0.2, -0.15) is 0 Å². The Morgan fingerprint density at radius 1 is 1.42 bits per heavy atom. The Bertz CT molecular complexity index is 162. The molecule has 0 N–H and O–H groups in total. The van der Waals surface area contributed by atoms with Crippen molar-refractivity contribution in [3.05, 3.63) is 0 Å². The minimum Gasteiger partial charge on any atom is -0.466 e. The molecule has 0 aromatic carbocycles. The highest BCUT2D eigenvalue weighted by atomic mass is 16.6. The SMILES string of the molecule is CCOC(=O)CCON=C(C)C. The lowest BCUT2D eigenvalue weighted by atomic mass is 10.5. The Balaban J connectivity index is 3.31. The molecule has 0 amide bonds. The van der Waals surface area contributed by atoms with E-state index in [1.165, 1.54) is 0 Å². The number of oxime groups is 1. The van der Waals surface area contributed by atoms with E-state index < -0.39 is 0 Å². The van der Waals surface area contributed by atoms with Gasteiger partial charge in [0.15, 0.2) is 0 Å². The van der Waals surface area contributed by atoms with Gasteiger partial charge < -0.3 is 9.57 Å². The van der Waals surface area contributed by atoms with Crippen molar-refractivity contribution in [3.8, 4) is 0 Å². The van der Waals surface area contributed by atoms with E-state index in [1.807, 2.05) is 13.8 Å². The summed E-state index contributed by atoms with van der Waals surface area (Å²) in [4.78, 5) is 15.5. The molecule has 0 aliphatic heterocycles. The molecule has 0 unspecified atom stereocenters. The van der Waals surface area contributed by atoms with Crippen LogP contribution in [0.4, 0.5) is 0 Å². The predicted octanol–water partition coefficient (Wildman–Crippen LogP) is 1.35. The highest BCUT2D eigenvalue weighted by molar-refractivity contribution is 5.78. The second-order valence-corrected chi connectivity index (χ2v) is 2.43. The smallest absolute Gasteiger partial charge is 0.309 e. The Morgan fingerprint density at radius 3 is 2.58 bits per heavy atom. The van der Waals surface area contributed by atoms with Crippen LogP contribution in [0.1, 0.15) is 27.2 Å². The molecule has 0 fully saturated rings. The molecule has 0 aromatic rings. The first-order chi connectivity index (χ1) is 5.66. The third-order valence-electron chi connectivity index (χ3n) is 0.950. The van der Waals surface area contributed by atoms with Crippen molar-refractivity contribution in [1.82, 2.24) is 0 Å². The fourth-order valence-electron chi connectivity index (χ4n) is 0.537. The van der Waals surface area contributed by atoms with Crippen molar-refractivity contribution in [1.29, 1.82) is 0 Å². The summed E-state index contributed by atoms with van der Waals surface area (Å²) in [7, 11) is 0. The predicted molar refractivity (Wildman–Crippen MR) is 46.0 cm³/mol. The first-order valence-electron chi connectivity index (χ1n) is 3.95. The monoisotopic (exact) mass is 173 g/mol. The molecule has 0 bridgehead atoms. The molecule has 0 rings (SSSR count). The quantitative estimate of drug-likeness (QED) is 0.273. The molecule has 0 radical (unpaired) electrons. The summed E-state index contributed by atoms with van der Waals surface area (Å²) in [6.07, 6.45) is 0.255. The number of carbonyl (C=O) groups is 1. The van der Waals surface area contributed by atoms with Gasteiger partial charge in [0.25, 0.3) is 0 Å². The summed E-state index contributed by atoms with van der Waals surface area (Å²) >= 11 is 0. The minimum absolute atomic E-state index is 0.249. The maximum atomic E-state index is 10.7. The van der Waals surface area contributed by atoms with Gasteiger partial charge in [0, 0.05) is 0 Å². The summed E-state index contributed by atoms with van der Waals surface area (Å²) in [5.41, 5.74) is 0.832. The Morgan fingerprint density at radius 2 is 2.08 bits per heavy atom. The number of esters is 1. The average molecular weight is 173 g/mol. The van der Waals surface area contributed by atoms with E-state index in [0.29, 0.717) is 6.61 Å². The molecule has 0 aromatic heterocycles. The van der Waals surface area contributed by atoms with Crippen LogP contribution in [0.15, 0.2) is 5.16 Å². The Kier molecular flexibility index (Phi) is 6.05. The van der Waals surface area contributed by atoms with Crippen molar-refractivity contribution >= 4 is 11.7 Å². The van der Waals surface area contributed by atoms with Crippen LogP contribution in [-0.2, 0) is 14.4 Å². The van der Waals surface area contributed by atoms with E-state index in [0.717, 1.165) is 5.71 Å². The molecule has 0 heterocycles. The van der Waals surface area contributed by atoms with Crippen molar-refractivity contribution in [3.63, 3.8) is 0 Å². The van der Waals surface area contributed by atoms with Gasteiger partial charge in [-0.05, 0) is 20.8 Å². The molecule has 70 valence electrons. The third-order valence-corrected chi connectivity index (χ3v) is 0.950. The molecule has 0 saturated heterocycles. The fourth-order valence-corrected chi connectivity index (χ4v) is 0.537. The zero-order valence-corrected chi connectivity index (χ0v) is 7.79.